The van der Waals surface area contributed by atoms with Gasteiger partial charge in [-0.15, -0.1) is 0 Å². The van der Waals surface area contributed by atoms with Crippen LogP contribution in [0, 0.1) is 0 Å². The summed E-state index contributed by atoms with van der Waals surface area (Å²) in [5.41, 5.74) is 1.19. The molecule has 150 valence electrons. The van der Waals surface area contributed by atoms with E-state index in [4.69, 9.17) is 0 Å². The van der Waals surface area contributed by atoms with Crippen LogP contribution in [-0.2, 0) is 12.1 Å². The minimum Gasteiger partial charge on any atom is -0.384 e. The van der Waals surface area contributed by atoms with E-state index in [1.54, 1.807) is 0 Å². The summed E-state index contributed by atoms with van der Waals surface area (Å²) in [5, 5.41) is 18.1. The van der Waals surface area contributed by atoms with Crippen molar-refractivity contribution in [2.24, 2.45) is 0 Å². The summed E-state index contributed by atoms with van der Waals surface area (Å²) in [5.74, 6) is 0. The fourth-order valence-electron chi connectivity index (χ4n) is 3.78. The molecule has 5 heteroatoms. The number of hydrogen-bond acceptors (Lipinski definition) is 5. The maximum absolute atomic E-state index is 11.0. The molecule has 1 unspecified atom stereocenters. The molecule has 4 nitrogen and oxygen atoms in total. The van der Waals surface area contributed by atoms with E-state index >= 15 is 0 Å². The van der Waals surface area contributed by atoms with Crippen LogP contribution < -0.4 is 5.32 Å². The molecule has 0 bridgehead atoms. The van der Waals surface area contributed by atoms with Gasteiger partial charge in [0.25, 0.3) is 0 Å². The van der Waals surface area contributed by atoms with E-state index in [-0.39, 0.29) is 0 Å². The van der Waals surface area contributed by atoms with E-state index in [0.717, 1.165) is 35.2 Å². The van der Waals surface area contributed by atoms with E-state index in [1.807, 2.05) is 43.6 Å². The Morgan fingerprint density at radius 1 is 1.14 bits per heavy atom. The molecule has 0 radical (unpaired) electrons. The highest BCUT2D eigenvalue weighted by Crippen LogP contribution is 2.33. The van der Waals surface area contributed by atoms with Gasteiger partial charge in [-0.3, -0.25) is 4.98 Å². The molecule has 0 aliphatic heterocycles. The molecule has 2 aromatic heterocycles. The summed E-state index contributed by atoms with van der Waals surface area (Å²) in [4.78, 5) is 4.17. The molecular weight excluding hydrogens is 378 g/mol. The summed E-state index contributed by atoms with van der Waals surface area (Å²) in [6.45, 7) is 4.93. The highest BCUT2D eigenvalue weighted by molar-refractivity contribution is 7.13. The molecule has 0 saturated carbocycles. The van der Waals surface area contributed by atoms with E-state index in [2.05, 4.69) is 45.9 Å². The highest BCUT2D eigenvalue weighted by Gasteiger charge is 2.27. The quantitative estimate of drug-likeness (QED) is 0.412. The average molecular weight is 406 g/mol. The first kappa shape index (κ1) is 20.0. The van der Waals surface area contributed by atoms with Crippen LogP contribution in [0.5, 0.6) is 0 Å². The van der Waals surface area contributed by atoms with E-state index < -0.39 is 5.60 Å². The van der Waals surface area contributed by atoms with Gasteiger partial charge < -0.3 is 10.4 Å². The molecular formula is C24H27N3OS. The number of aliphatic hydroxyl groups is 1. The summed E-state index contributed by atoms with van der Waals surface area (Å²) in [6, 6.07) is 17.0. The Labute approximate surface area is 175 Å². The minimum atomic E-state index is -0.897. The fraction of sp³-hybridized carbons (Fsp3) is 0.333. The van der Waals surface area contributed by atoms with Gasteiger partial charge in [-0.1, -0.05) is 30.3 Å². The zero-order valence-electron chi connectivity index (χ0n) is 16.9. The Kier molecular flexibility index (Phi) is 5.90. The standard InChI is InChI=1S/C24H27N3OS/c1-17(26-15-18-9-10-20-16-25-13-11-19(20)14-18)6-5-12-24(2,28)23-21-7-3-4-8-22(21)29-27-23/h3-4,7-11,13-14,16-17,26,28H,5-6,12,15H2,1-2H3/t17-,24?/m1/s1. The summed E-state index contributed by atoms with van der Waals surface area (Å²) in [7, 11) is 0. The Morgan fingerprint density at radius 3 is 2.90 bits per heavy atom. The number of nitrogens with zero attached hydrogens (tertiary/aromatic N) is 2. The smallest absolute Gasteiger partial charge is 0.105 e. The van der Waals surface area contributed by atoms with Gasteiger partial charge >= 0.3 is 0 Å². The zero-order chi connectivity index (χ0) is 20.3. The van der Waals surface area contributed by atoms with E-state index in [9.17, 15) is 5.11 Å². The van der Waals surface area contributed by atoms with E-state index in [1.165, 1.54) is 27.9 Å². The molecule has 4 aromatic rings. The second kappa shape index (κ2) is 8.57. The molecule has 0 spiro atoms. The number of hydrogen-bond donors (Lipinski definition) is 2. The van der Waals surface area contributed by atoms with Crippen molar-refractivity contribution in [3.8, 4) is 0 Å². The maximum atomic E-state index is 11.0. The third kappa shape index (κ3) is 4.64. The topological polar surface area (TPSA) is 58.0 Å². The van der Waals surface area contributed by atoms with Crippen LogP contribution in [0.25, 0.3) is 20.9 Å². The summed E-state index contributed by atoms with van der Waals surface area (Å²) >= 11 is 1.46. The number of rotatable bonds is 8. The monoisotopic (exact) mass is 405 g/mol. The van der Waals surface area contributed by atoms with Crippen molar-refractivity contribution in [1.29, 1.82) is 0 Å². The lowest BCUT2D eigenvalue weighted by molar-refractivity contribution is 0.0424. The van der Waals surface area contributed by atoms with Crippen molar-refractivity contribution in [2.45, 2.75) is 51.3 Å². The number of pyridine rings is 1. The van der Waals surface area contributed by atoms with Gasteiger partial charge in [0.1, 0.15) is 5.60 Å². The van der Waals surface area contributed by atoms with Gasteiger partial charge in [0.15, 0.2) is 0 Å². The Balaban J connectivity index is 1.29. The highest BCUT2D eigenvalue weighted by atomic mass is 32.1. The van der Waals surface area contributed by atoms with Crippen LogP contribution in [-0.4, -0.2) is 20.5 Å². The molecule has 2 heterocycles. The largest absolute Gasteiger partial charge is 0.384 e. The lowest BCUT2D eigenvalue weighted by Crippen LogP contribution is -2.27. The van der Waals surface area contributed by atoms with Gasteiger partial charge in [-0.25, -0.2) is 0 Å². The van der Waals surface area contributed by atoms with Crippen molar-refractivity contribution in [3.63, 3.8) is 0 Å². The first-order valence-electron chi connectivity index (χ1n) is 10.2. The molecule has 2 N–H and O–H groups in total. The Morgan fingerprint density at radius 2 is 2.00 bits per heavy atom. The number of nitrogens with one attached hydrogen (secondary N) is 1. The summed E-state index contributed by atoms with van der Waals surface area (Å²) < 4.78 is 5.67. The molecule has 2 aromatic carbocycles. The molecule has 0 fully saturated rings. The lowest BCUT2D eigenvalue weighted by Gasteiger charge is -2.23. The van der Waals surface area contributed by atoms with Crippen molar-refractivity contribution in [1.82, 2.24) is 14.7 Å². The van der Waals surface area contributed by atoms with Gasteiger partial charge in [0, 0.05) is 35.8 Å². The zero-order valence-corrected chi connectivity index (χ0v) is 17.7. The summed E-state index contributed by atoms with van der Waals surface area (Å²) in [6.07, 6.45) is 6.38. The van der Waals surface area contributed by atoms with Gasteiger partial charge in [0.05, 0.1) is 10.4 Å². The van der Waals surface area contributed by atoms with Crippen LogP contribution in [0.3, 0.4) is 0 Å². The van der Waals surface area contributed by atoms with Crippen LogP contribution >= 0.6 is 11.5 Å². The second-order valence-electron chi connectivity index (χ2n) is 8.03. The van der Waals surface area contributed by atoms with Crippen molar-refractivity contribution >= 4 is 32.4 Å². The number of benzene rings is 2. The lowest BCUT2D eigenvalue weighted by atomic mass is 9.92. The molecule has 0 aliphatic carbocycles. The SMILES string of the molecule is C[C@H](CCCC(C)(O)c1nsc2ccccc12)NCc1ccc2cnccc2c1. The van der Waals surface area contributed by atoms with Crippen molar-refractivity contribution in [2.75, 3.05) is 0 Å². The fourth-order valence-corrected chi connectivity index (χ4v) is 4.67. The average Bonchev–Trinajstić information content (AvgIpc) is 3.17. The number of aromatic nitrogens is 2. The van der Waals surface area contributed by atoms with Gasteiger partial charge in [0.2, 0.25) is 0 Å². The van der Waals surface area contributed by atoms with Crippen molar-refractivity contribution < 1.29 is 5.11 Å². The van der Waals surface area contributed by atoms with Crippen molar-refractivity contribution in [3.05, 3.63) is 72.2 Å². The normalized spacial score (nSPS) is 14.9. The second-order valence-corrected chi connectivity index (χ2v) is 8.84. The van der Waals surface area contributed by atoms with Gasteiger partial charge in [-0.05, 0) is 73.8 Å². The predicted molar refractivity (Wildman–Crippen MR) is 121 cm³/mol. The minimum absolute atomic E-state index is 0.381. The molecule has 2 atom stereocenters. The predicted octanol–water partition coefficient (Wildman–Crippen LogP) is 5.40. The molecule has 29 heavy (non-hydrogen) atoms. The van der Waals surface area contributed by atoms with Crippen LogP contribution in [0.1, 0.15) is 44.4 Å². The first-order chi connectivity index (χ1) is 14.0. The third-order valence-electron chi connectivity index (χ3n) is 5.55. The molecule has 0 saturated heterocycles. The first-order valence-corrected chi connectivity index (χ1v) is 10.9. The Hall–Kier alpha value is -2.34. The van der Waals surface area contributed by atoms with E-state index in [0.29, 0.717) is 12.5 Å². The van der Waals surface area contributed by atoms with Crippen LogP contribution in [0.4, 0.5) is 0 Å². The maximum Gasteiger partial charge on any atom is 0.105 e. The van der Waals surface area contributed by atoms with Crippen LogP contribution in [0.2, 0.25) is 0 Å². The van der Waals surface area contributed by atoms with Gasteiger partial charge in [-0.2, -0.15) is 4.37 Å². The Bertz CT molecular complexity index is 1110. The molecule has 0 aliphatic rings. The molecule has 0 amide bonds. The van der Waals surface area contributed by atoms with Crippen LogP contribution in [0.15, 0.2) is 60.9 Å². The molecule has 4 rings (SSSR count). The number of fused-ring (bicyclic) bond motifs is 2. The third-order valence-corrected chi connectivity index (χ3v) is 6.37.